The van der Waals surface area contributed by atoms with Crippen LogP contribution in [-0.4, -0.2) is 80.9 Å². The number of nitrogens with zero attached hydrogens (tertiary/aromatic N) is 8. The van der Waals surface area contributed by atoms with Gasteiger partial charge in [0.05, 0.1) is 37.3 Å². The number of hydrogen-bond acceptors (Lipinski definition) is 12. The SMILES string of the molecule is CCOP(=O)(OCC)OC(c1ccc(N2CCN(c3ccc(-c4ccc(C(F)(F)C(O)(Cn5cnnn5)c5ccc(F)cc5F)nc4)cc3)CC2)cn1)C(F)(F)F. The highest BCUT2D eigenvalue weighted by molar-refractivity contribution is 7.48. The third-order valence-electron chi connectivity index (χ3n) is 9.12. The Balaban J connectivity index is 1.11. The maximum absolute atomic E-state index is 16.2. The number of alkyl halides is 5. The minimum atomic E-state index is -4.95. The fourth-order valence-corrected chi connectivity index (χ4v) is 7.59. The molecule has 1 saturated heterocycles. The van der Waals surface area contributed by atoms with Gasteiger partial charge in [-0.15, -0.1) is 5.10 Å². The molecule has 0 spiro atoms. The molecule has 0 amide bonds. The molecule has 304 valence electrons. The Bertz CT molecular complexity index is 2130. The number of piperazine rings is 1. The molecule has 13 nitrogen and oxygen atoms in total. The summed E-state index contributed by atoms with van der Waals surface area (Å²) >= 11 is 0. The number of hydrogen-bond donors (Lipinski definition) is 1. The monoisotopic (exact) mass is 824 g/mol. The molecule has 6 rings (SSSR count). The normalized spacial score (nSPS) is 15.8. The molecule has 57 heavy (non-hydrogen) atoms. The Hall–Kier alpha value is -5.01. The highest BCUT2D eigenvalue weighted by Crippen LogP contribution is 2.56. The first kappa shape index (κ1) is 41.6. The lowest BCUT2D eigenvalue weighted by molar-refractivity contribution is -0.207. The number of aromatic nitrogens is 6. The Morgan fingerprint density at radius 3 is 1.96 bits per heavy atom. The minimum Gasteiger partial charge on any atom is -0.377 e. The fourth-order valence-electron chi connectivity index (χ4n) is 6.28. The summed E-state index contributed by atoms with van der Waals surface area (Å²) in [5, 5.41) is 21.7. The standard InChI is InChI=1S/C36H36F7N8O5P/c1-3-54-57(53,55-4-2)56-33(36(41,42)43)31-13-11-28(21-44-31)50-17-15-49(16-18-50)27-9-5-24(6-10-27)25-7-14-32(45-20-25)35(39,40)34(52,22-51-23-46-47-48-51)29-12-8-26(37)19-30(29)38/h5-14,19-21,23,33,52H,3-4,15-18,22H2,1-2H3. The Morgan fingerprint density at radius 2 is 1.44 bits per heavy atom. The van der Waals surface area contributed by atoms with E-state index in [1.54, 1.807) is 12.1 Å². The summed E-state index contributed by atoms with van der Waals surface area (Å²) in [6, 6.07) is 14.1. The Kier molecular flexibility index (Phi) is 12.3. The van der Waals surface area contributed by atoms with E-state index in [9.17, 15) is 31.6 Å². The van der Waals surface area contributed by atoms with E-state index in [2.05, 4.69) is 30.4 Å². The van der Waals surface area contributed by atoms with Crippen LogP contribution in [0.5, 0.6) is 0 Å². The van der Waals surface area contributed by atoms with Crippen LogP contribution in [-0.2, 0) is 36.2 Å². The molecule has 0 saturated carbocycles. The first-order valence-corrected chi connectivity index (χ1v) is 19.0. The molecule has 5 aromatic rings. The average Bonchev–Trinajstić information content (AvgIpc) is 3.70. The minimum absolute atomic E-state index is 0.190. The zero-order valence-corrected chi connectivity index (χ0v) is 31.3. The van der Waals surface area contributed by atoms with Crippen LogP contribution in [0.2, 0.25) is 0 Å². The maximum atomic E-state index is 16.2. The van der Waals surface area contributed by atoms with Crippen molar-refractivity contribution in [1.29, 1.82) is 0 Å². The molecule has 3 aromatic heterocycles. The topological polar surface area (TPSA) is 141 Å². The van der Waals surface area contributed by atoms with Crippen LogP contribution in [0, 0.1) is 11.6 Å². The van der Waals surface area contributed by atoms with Gasteiger partial charge in [-0.05, 0) is 72.3 Å². The van der Waals surface area contributed by atoms with Crippen LogP contribution in [0.4, 0.5) is 42.1 Å². The van der Waals surface area contributed by atoms with Crippen molar-refractivity contribution in [1.82, 2.24) is 30.2 Å². The largest absolute Gasteiger partial charge is 0.475 e. The fraction of sp³-hybridized carbons (Fsp3) is 0.361. The molecule has 1 aliphatic rings. The lowest BCUT2D eigenvalue weighted by Gasteiger charge is -2.37. The number of phosphoric ester groups is 1. The highest BCUT2D eigenvalue weighted by Gasteiger charge is 2.58. The van der Waals surface area contributed by atoms with Gasteiger partial charge in [0.2, 0.25) is 6.10 Å². The smallest absolute Gasteiger partial charge is 0.377 e. The molecule has 0 aliphatic carbocycles. The number of anilines is 2. The van der Waals surface area contributed by atoms with Gasteiger partial charge in [-0.1, -0.05) is 18.2 Å². The molecule has 4 heterocycles. The van der Waals surface area contributed by atoms with Gasteiger partial charge in [-0.3, -0.25) is 23.5 Å². The summed E-state index contributed by atoms with van der Waals surface area (Å²) in [5.74, 6) is -6.62. The van der Waals surface area contributed by atoms with Crippen molar-refractivity contribution in [3.63, 3.8) is 0 Å². The van der Waals surface area contributed by atoms with Crippen LogP contribution in [0.3, 0.4) is 0 Å². The molecule has 1 N–H and O–H groups in total. The summed E-state index contributed by atoms with van der Waals surface area (Å²) < 4.78 is 131. The van der Waals surface area contributed by atoms with Crippen molar-refractivity contribution >= 4 is 19.2 Å². The summed E-state index contributed by atoms with van der Waals surface area (Å²) in [6.07, 6.45) is -4.15. The van der Waals surface area contributed by atoms with E-state index in [-0.39, 0.29) is 13.2 Å². The number of pyridine rings is 2. The lowest BCUT2D eigenvalue weighted by Crippen LogP contribution is -2.48. The van der Waals surface area contributed by atoms with Gasteiger partial charge in [0.15, 0.2) is 5.60 Å². The van der Waals surface area contributed by atoms with E-state index in [4.69, 9.17) is 13.6 Å². The quantitative estimate of drug-likeness (QED) is 0.0843. The summed E-state index contributed by atoms with van der Waals surface area (Å²) in [6.45, 7) is 3.65. The molecule has 0 bridgehead atoms. The molecule has 2 atom stereocenters. The third-order valence-corrected chi connectivity index (χ3v) is 10.7. The molecule has 2 aromatic carbocycles. The van der Waals surface area contributed by atoms with Gasteiger partial charge in [0, 0.05) is 55.3 Å². The number of phosphoric acid groups is 1. The van der Waals surface area contributed by atoms with Crippen molar-refractivity contribution in [3.05, 3.63) is 114 Å². The summed E-state index contributed by atoms with van der Waals surface area (Å²) in [4.78, 5) is 12.0. The van der Waals surface area contributed by atoms with Crippen LogP contribution in [0.1, 0.15) is 36.9 Å². The predicted molar refractivity (Wildman–Crippen MR) is 191 cm³/mol. The van der Waals surface area contributed by atoms with Gasteiger partial charge in [0.1, 0.15) is 23.7 Å². The summed E-state index contributed by atoms with van der Waals surface area (Å²) in [7, 11) is -4.51. The van der Waals surface area contributed by atoms with E-state index in [1.807, 2.05) is 17.0 Å². The zero-order chi connectivity index (χ0) is 41.0. The van der Waals surface area contributed by atoms with Gasteiger partial charge >= 0.3 is 19.9 Å². The predicted octanol–water partition coefficient (Wildman–Crippen LogP) is 7.22. The van der Waals surface area contributed by atoms with E-state index < -0.39 is 66.8 Å². The first-order valence-electron chi connectivity index (χ1n) is 17.5. The Morgan fingerprint density at radius 1 is 0.807 bits per heavy atom. The molecular formula is C36H36F7N8O5P. The van der Waals surface area contributed by atoms with Crippen molar-refractivity contribution in [3.8, 4) is 11.1 Å². The lowest BCUT2D eigenvalue weighted by atomic mass is 9.84. The van der Waals surface area contributed by atoms with Crippen LogP contribution < -0.4 is 9.80 Å². The number of halogens is 7. The number of benzene rings is 2. The summed E-state index contributed by atoms with van der Waals surface area (Å²) in [5.41, 5.74) is -3.00. The molecule has 0 radical (unpaired) electrons. The third kappa shape index (κ3) is 9.10. The van der Waals surface area contributed by atoms with Crippen LogP contribution in [0.15, 0.2) is 85.5 Å². The average molecular weight is 825 g/mol. The van der Waals surface area contributed by atoms with Gasteiger partial charge < -0.3 is 14.9 Å². The maximum Gasteiger partial charge on any atom is 0.475 e. The second-order valence-corrected chi connectivity index (χ2v) is 14.4. The zero-order valence-electron chi connectivity index (χ0n) is 30.4. The molecule has 2 unspecified atom stereocenters. The highest BCUT2D eigenvalue weighted by atomic mass is 31.2. The number of rotatable bonds is 15. The van der Waals surface area contributed by atoms with E-state index in [0.717, 1.165) is 41.0 Å². The van der Waals surface area contributed by atoms with Gasteiger partial charge in [0.25, 0.3) is 0 Å². The second kappa shape index (κ2) is 16.8. The van der Waals surface area contributed by atoms with E-state index in [1.165, 1.54) is 38.4 Å². The van der Waals surface area contributed by atoms with E-state index in [0.29, 0.717) is 49.1 Å². The number of aliphatic hydroxyl groups is 1. The molecule has 1 aliphatic heterocycles. The van der Waals surface area contributed by atoms with Crippen LogP contribution >= 0.6 is 7.82 Å². The molecular weight excluding hydrogens is 788 g/mol. The van der Waals surface area contributed by atoms with Crippen molar-refractivity contribution in [2.24, 2.45) is 0 Å². The van der Waals surface area contributed by atoms with Crippen molar-refractivity contribution in [2.75, 3.05) is 49.2 Å². The Labute approximate surface area is 321 Å². The van der Waals surface area contributed by atoms with E-state index >= 15 is 8.78 Å². The van der Waals surface area contributed by atoms with Crippen molar-refractivity contribution in [2.45, 2.75) is 44.2 Å². The van der Waals surface area contributed by atoms with Gasteiger partial charge in [-0.2, -0.15) is 22.0 Å². The second-order valence-electron chi connectivity index (χ2n) is 12.8. The molecule has 21 heteroatoms. The van der Waals surface area contributed by atoms with Crippen molar-refractivity contribution < 1.29 is 54.0 Å². The van der Waals surface area contributed by atoms with Gasteiger partial charge in [-0.25, -0.2) is 18.0 Å². The number of tetrazole rings is 1. The molecule has 1 fully saturated rings. The first-order chi connectivity index (χ1) is 27.1. The van der Waals surface area contributed by atoms with Crippen LogP contribution in [0.25, 0.3) is 11.1 Å².